The van der Waals surface area contributed by atoms with Crippen LogP contribution in [0.5, 0.6) is 0 Å². The highest BCUT2D eigenvalue weighted by Gasteiger charge is 2.26. The van der Waals surface area contributed by atoms with Gasteiger partial charge in [-0.1, -0.05) is 319 Å². The summed E-state index contributed by atoms with van der Waals surface area (Å²) in [6.45, 7) is 3.69. The first-order valence-corrected chi connectivity index (χ1v) is 36.3. The van der Waals surface area contributed by atoms with E-state index in [1.54, 1.807) is 0 Å². The van der Waals surface area contributed by atoms with Crippen LogP contribution in [0.3, 0.4) is 0 Å². The summed E-state index contributed by atoms with van der Waals surface area (Å²) in [7, 11) is -4.39. The number of hydrogen-bond donors (Lipinski definition) is 2. The molecule has 0 rings (SSSR count). The minimum Gasteiger partial charge on any atom is -0.462 e. The smallest absolute Gasteiger partial charge is 0.462 e. The Morgan fingerprint density at radius 3 is 1.02 bits per heavy atom. The lowest BCUT2D eigenvalue weighted by molar-refractivity contribution is -0.161. The Balaban J connectivity index is 3.82. The third-order valence-corrected chi connectivity index (χ3v) is 16.4. The van der Waals surface area contributed by atoms with Crippen molar-refractivity contribution in [3.63, 3.8) is 0 Å². The largest absolute Gasteiger partial charge is 0.472 e. The van der Waals surface area contributed by atoms with Crippen molar-refractivity contribution in [2.75, 3.05) is 26.4 Å². The Hall–Kier alpha value is -2.29. The minimum absolute atomic E-state index is 0.0547. The van der Waals surface area contributed by atoms with E-state index < -0.39 is 26.5 Å². The molecule has 10 heteroatoms. The number of hydrogen-bond acceptors (Lipinski definition) is 8. The molecule has 0 aliphatic heterocycles. The molecule has 0 aromatic heterocycles. The van der Waals surface area contributed by atoms with Gasteiger partial charge in [0, 0.05) is 19.4 Å². The van der Waals surface area contributed by atoms with Gasteiger partial charge >= 0.3 is 19.8 Å². The van der Waals surface area contributed by atoms with Crippen LogP contribution < -0.4 is 5.73 Å². The Labute approximate surface area is 501 Å². The molecule has 2 atom stereocenters. The lowest BCUT2D eigenvalue weighted by Crippen LogP contribution is -2.29. The van der Waals surface area contributed by atoms with Gasteiger partial charge in [0.2, 0.25) is 0 Å². The maximum absolute atomic E-state index is 12.8. The molecule has 0 saturated heterocycles. The van der Waals surface area contributed by atoms with Crippen molar-refractivity contribution in [2.24, 2.45) is 5.73 Å². The van der Waals surface area contributed by atoms with Crippen molar-refractivity contribution in [3.05, 3.63) is 60.8 Å². The number of rotatable bonds is 66. The maximum atomic E-state index is 12.8. The van der Waals surface area contributed by atoms with Crippen LogP contribution in [-0.2, 0) is 32.7 Å². The molecule has 9 nitrogen and oxygen atoms in total. The summed E-state index contributed by atoms with van der Waals surface area (Å²) in [6.07, 6.45) is 86.1. The highest BCUT2D eigenvalue weighted by Crippen LogP contribution is 2.43. The van der Waals surface area contributed by atoms with E-state index in [4.69, 9.17) is 24.3 Å². The number of ether oxygens (including phenoxy) is 2. The molecular weight excluding hydrogens is 1030 g/mol. The van der Waals surface area contributed by atoms with Crippen LogP contribution in [-0.4, -0.2) is 49.3 Å². The number of phosphoric acid groups is 1. The number of unbranched alkanes of at least 4 members (excludes halogenated alkanes) is 43. The van der Waals surface area contributed by atoms with E-state index in [0.29, 0.717) is 6.42 Å². The van der Waals surface area contributed by atoms with Crippen molar-refractivity contribution in [1.29, 1.82) is 0 Å². The van der Waals surface area contributed by atoms with Crippen molar-refractivity contribution >= 4 is 19.8 Å². The molecule has 0 heterocycles. The van der Waals surface area contributed by atoms with Crippen LogP contribution in [0.25, 0.3) is 0 Å². The fraction of sp³-hybridized carbons (Fsp3) is 0.831. The Bertz CT molecular complexity index is 1510. The maximum Gasteiger partial charge on any atom is 0.472 e. The first-order chi connectivity index (χ1) is 39.8. The SMILES string of the molecule is CC/C=C\C/C=C\C/C=C\C/C=C\CCCCCCCCCCCCCCCCCCCCCCCCC(=O)OC(COC(=O)CCCCCCCCCCCCCCC/C=C\CCCCCCCCCC)COP(=O)(O)OCCN. The second-order valence-corrected chi connectivity index (χ2v) is 24.8. The van der Waals surface area contributed by atoms with Crippen LogP contribution in [0.15, 0.2) is 60.8 Å². The molecule has 0 spiro atoms. The van der Waals surface area contributed by atoms with Crippen LogP contribution in [0.4, 0.5) is 0 Å². The van der Waals surface area contributed by atoms with Crippen molar-refractivity contribution in [2.45, 2.75) is 354 Å². The van der Waals surface area contributed by atoms with Gasteiger partial charge in [-0.05, 0) is 77.0 Å². The molecule has 0 aromatic carbocycles. The van der Waals surface area contributed by atoms with E-state index in [1.807, 2.05) is 0 Å². The standard InChI is InChI=1S/C71H132NO8P/c1-3-5-7-9-11-13-15-17-19-21-23-25-27-29-30-31-32-33-34-35-36-37-38-40-42-44-46-48-50-52-54-56-58-60-62-64-71(74)80-69(68-79-81(75,76)78-66-65-72)67-77-70(73)63-61-59-57-55-53-51-49-47-45-43-41-39-28-26-24-22-20-18-16-14-12-10-8-6-4-2/h5,7,11,13,17,19,22-25,69H,3-4,6,8-10,12,14-16,18,20-21,26-68,72H2,1-2H3,(H,75,76)/b7-5-,13-11-,19-17-,24-22-,25-23-. The van der Waals surface area contributed by atoms with Gasteiger partial charge in [0.1, 0.15) is 6.61 Å². The van der Waals surface area contributed by atoms with Crippen molar-refractivity contribution in [3.8, 4) is 0 Å². The lowest BCUT2D eigenvalue weighted by Gasteiger charge is -2.19. The number of carbonyl (C=O) groups is 2. The number of nitrogens with two attached hydrogens (primary N) is 1. The molecule has 0 saturated carbocycles. The van der Waals surface area contributed by atoms with Crippen molar-refractivity contribution in [1.82, 2.24) is 0 Å². The summed E-state index contributed by atoms with van der Waals surface area (Å²) in [5, 5.41) is 0. The van der Waals surface area contributed by atoms with Crippen LogP contribution in [0.2, 0.25) is 0 Å². The molecule has 474 valence electrons. The van der Waals surface area contributed by atoms with Gasteiger partial charge in [0.15, 0.2) is 6.10 Å². The summed E-state index contributed by atoms with van der Waals surface area (Å²) in [4.78, 5) is 35.3. The minimum atomic E-state index is -4.39. The average molecular weight is 1160 g/mol. The molecule has 0 aromatic rings. The predicted octanol–water partition coefficient (Wildman–Crippen LogP) is 22.6. The Morgan fingerprint density at radius 2 is 0.679 bits per heavy atom. The summed E-state index contributed by atoms with van der Waals surface area (Å²) in [6, 6.07) is 0. The zero-order chi connectivity index (χ0) is 58.7. The van der Waals surface area contributed by atoms with Gasteiger partial charge in [-0.15, -0.1) is 0 Å². The van der Waals surface area contributed by atoms with E-state index >= 15 is 0 Å². The zero-order valence-electron chi connectivity index (χ0n) is 53.3. The normalized spacial score (nSPS) is 13.3. The van der Waals surface area contributed by atoms with Crippen LogP contribution >= 0.6 is 7.82 Å². The van der Waals surface area contributed by atoms with Gasteiger partial charge in [-0.2, -0.15) is 0 Å². The van der Waals surface area contributed by atoms with Gasteiger partial charge in [-0.25, -0.2) is 4.57 Å². The highest BCUT2D eigenvalue weighted by atomic mass is 31.2. The first-order valence-electron chi connectivity index (χ1n) is 34.8. The van der Waals surface area contributed by atoms with E-state index in [2.05, 4.69) is 74.6 Å². The Kier molecular flexibility index (Phi) is 65.0. The summed E-state index contributed by atoms with van der Waals surface area (Å²) in [5.41, 5.74) is 5.40. The van der Waals surface area contributed by atoms with Crippen LogP contribution in [0, 0.1) is 0 Å². The molecular formula is C71H132NO8P. The molecule has 2 unspecified atom stereocenters. The topological polar surface area (TPSA) is 134 Å². The monoisotopic (exact) mass is 1160 g/mol. The third kappa shape index (κ3) is 66.7. The third-order valence-electron chi connectivity index (χ3n) is 15.4. The summed E-state index contributed by atoms with van der Waals surface area (Å²) in [5.74, 6) is -0.809. The molecule has 81 heavy (non-hydrogen) atoms. The van der Waals surface area contributed by atoms with Crippen molar-refractivity contribution < 1.29 is 37.6 Å². The molecule has 0 fully saturated rings. The van der Waals surface area contributed by atoms with E-state index in [-0.39, 0.29) is 38.6 Å². The molecule has 0 amide bonds. The highest BCUT2D eigenvalue weighted by molar-refractivity contribution is 7.47. The van der Waals surface area contributed by atoms with Crippen LogP contribution in [0.1, 0.15) is 348 Å². The molecule has 0 aliphatic rings. The summed E-state index contributed by atoms with van der Waals surface area (Å²) < 4.78 is 33.2. The predicted molar refractivity (Wildman–Crippen MR) is 349 cm³/mol. The number of carbonyl (C=O) groups excluding carboxylic acids is 2. The quantitative estimate of drug-likeness (QED) is 0.0264. The fourth-order valence-electron chi connectivity index (χ4n) is 10.3. The second-order valence-electron chi connectivity index (χ2n) is 23.4. The number of esters is 2. The molecule has 0 aliphatic carbocycles. The fourth-order valence-corrected chi connectivity index (χ4v) is 11.0. The van der Waals surface area contributed by atoms with E-state index in [9.17, 15) is 19.0 Å². The first kappa shape index (κ1) is 78.7. The summed E-state index contributed by atoms with van der Waals surface area (Å²) >= 11 is 0. The zero-order valence-corrected chi connectivity index (χ0v) is 54.2. The lowest BCUT2D eigenvalue weighted by atomic mass is 10.0. The number of allylic oxidation sites excluding steroid dienone is 10. The molecule has 0 bridgehead atoms. The molecule has 3 N–H and O–H groups in total. The van der Waals surface area contributed by atoms with Gasteiger partial charge in [0.05, 0.1) is 13.2 Å². The molecule has 0 radical (unpaired) electrons. The van der Waals surface area contributed by atoms with Gasteiger partial charge < -0.3 is 20.1 Å². The second kappa shape index (κ2) is 66.8. The van der Waals surface area contributed by atoms with Gasteiger partial charge in [0.25, 0.3) is 0 Å². The number of phosphoric ester groups is 1. The van der Waals surface area contributed by atoms with Gasteiger partial charge in [-0.3, -0.25) is 18.6 Å². The average Bonchev–Trinajstić information content (AvgIpc) is 3.46. The van der Waals surface area contributed by atoms with E-state index in [1.165, 1.54) is 257 Å². The Morgan fingerprint density at radius 1 is 0.383 bits per heavy atom. The van der Waals surface area contributed by atoms with E-state index in [0.717, 1.165) is 57.8 Å².